The zero-order valence-corrected chi connectivity index (χ0v) is 15.9. The summed E-state index contributed by atoms with van der Waals surface area (Å²) in [7, 11) is 1.70. The molecule has 2 N–H and O–H groups in total. The van der Waals surface area contributed by atoms with Crippen LogP contribution in [-0.4, -0.2) is 24.2 Å². The third-order valence-corrected chi connectivity index (χ3v) is 4.30. The SMILES string of the molecule is CN(C(=O)N(c1ccccc1)c1ccccc1)c1cccc(C=CC(=O)NO)c1. The van der Waals surface area contributed by atoms with Gasteiger partial charge in [-0.1, -0.05) is 48.5 Å². The Labute approximate surface area is 169 Å². The predicted octanol–water partition coefficient (Wildman–Crippen LogP) is 4.60. The molecule has 0 bridgehead atoms. The highest BCUT2D eigenvalue weighted by molar-refractivity contribution is 6.08. The average Bonchev–Trinajstić information content (AvgIpc) is 2.78. The molecule has 3 aromatic rings. The minimum atomic E-state index is -0.626. The van der Waals surface area contributed by atoms with E-state index in [-0.39, 0.29) is 6.03 Å². The van der Waals surface area contributed by atoms with Gasteiger partial charge < -0.3 is 0 Å². The molecule has 6 nitrogen and oxygen atoms in total. The summed E-state index contributed by atoms with van der Waals surface area (Å²) in [4.78, 5) is 27.8. The van der Waals surface area contributed by atoms with Gasteiger partial charge in [0.1, 0.15) is 0 Å². The number of benzene rings is 3. The molecule has 0 aliphatic carbocycles. The summed E-state index contributed by atoms with van der Waals surface area (Å²) in [6.45, 7) is 0. The molecule has 3 aromatic carbocycles. The maximum Gasteiger partial charge on any atom is 0.333 e. The monoisotopic (exact) mass is 387 g/mol. The third-order valence-electron chi connectivity index (χ3n) is 4.30. The fourth-order valence-corrected chi connectivity index (χ4v) is 2.83. The molecule has 0 heterocycles. The van der Waals surface area contributed by atoms with E-state index in [0.717, 1.165) is 16.9 Å². The smallest absolute Gasteiger partial charge is 0.297 e. The number of urea groups is 1. The van der Waals surface area contributed by atoms with E-state index in [1.165, 1.54) is 6.08 Å². The fraction of sp³-hybridized carbons (Fsp3) is 0.0435. The number of carbonyl (C=O) groups excluding carboxylic acids is 2. The number of para-hydroxylation sites is 2. The van der Waals surface area contributed by atoms with Crippen LogP contribution in [0.25, 0.3) is 6.08 Å². The van der Waals surface area contributed by atoms with Crippen LogP contribution in [0, 0.1) is 0 Å². The van der Waals surface area contributed by atoms with Crippen molar-refractivity contribution >= 4 is 35.1 Å². The van der Waals surface area contributed by atoms with Crippen molar-refractivity contribution in [1.29, 1.82) is 0 Å². The molecule has 0 aliphatic rings. The average molecular weight is 387 g/mol. The molecule has 0 aliphatic heterocycles. The van der Waals surface area contributed by atoms with Crippen molar-refractivity contribution in [2.75, 3.05) is 16.8 Å². The summed E-state index contributed by atoms with van der Waals surface area (Å²) in [5, 5.41) is 8.60. The summed E-state index contributed by atoms with van der Waals surface area (Å²) in [5.41, 5.74) is 4.44. The van der Waals surface area contributed by atoms with E-state index in [0.29, 0.717) is 5.69 Å². The molecule has 0 unspecified atom stereocenters. The van der Waals surface area contributed by atoms with Gasteiger partial charge >= 0.3 is 6.03 Å². The molecular formula is C23H21N3O3. The highest BCUT2D eigenvalue weighted by Crippen LogP contribution is 2.28. The Bertz CT molecular complexity index is 965. The lowest BCUT2D eigenvalue weighted by atomic mass is 10.1. The largest absolute Gasteiger partial charge is 0.333 e. The van der Waals surface area contributed by atoms with Crippen LogP contribution >= 0.6 is 0 Å². The topological polar surface area (TPSA) is 72.9 Å². The molecule has 146 valence electrons. The maximum absolute atomic E-state index is 13.4. The van der Waals surface area contributed by atoms with E-state index in [2.05, 4.69) is 0 Å². The van der Waals surface area contributed by atoms with Gasteiger partial charge in [-0.15, -0.1) is 0 Å². The minimum absolute atomic E-state index is 0.225. The number of nitrogens with zero attached hydrogens (tertiary/aromatic N) is 2. The molecule has 0 fully saturated rings. The number of rotatable bonds is 5. The zero-order chi connectivity index (χ0) is 20.6. The number of carbonyl (C=O) groups is 2. The van der Waals surface area contributed by atoms with Crippen molar-refractivity contribution in [2.24, 2.45) is 0 Å². The summed E-state index contributed by atoms with van der Waals surface area (Å²) in [6, 6.07) is 25.8. The van der Waals surface area contributed by atoms with Gasteiger partial charge in [0.15, 0.2) is 0 Å². The van der Waals surface area contributed by atoms with E-state index in [9.17, 15) is 9.59 Å². The molecule has 0 saturated carbocycles. The van der Waals surface area contributed by atoms with Crippen molar-refractivity contribution in [3.63, 3.8) is 0 Å². The lowest BCUT2D eigenvalue weighted by molar-refractivity contribution is -0.124. The number of hydrogen-bond donors (Lipinski definition) is 2. The number of nitrogens with one attached hydrogen (secondary N) is 1. The first-order valence-electron chi connectivity index (χ1n) is 9.00. The summed E-state index contributed by atoms with van der Waals surface area (Å²) < 4.78 is 0. The Morgan fingerprint density at radius 3 is 1.93 bits per heavy atom. The van der Waals surface area contributed by atoms with Crippen molar-refractivity contribution in [1.82, 2.24) is 5.48 Å². The first-order chi connectivity index (χ1) is 14.1. The second kappa shape index (κ2) is 9.34. The van der Waals surface area contributed by atoms with Crippen LogP contribution in [0.1, 0.15) is 5.56 Å². The van der Waals surface area contributed by atoms with E-state index >= 15 is 0 Å². The maximum atomic E-state index is 13.4. The summed E-state index contributed by atoms with van der Waals surface area (Å²) >= 11 is 0. The Morgan fingerprint density at radius 1 is 0.828 bits per heavy atom. The lowest BCUT2D eigenvalue weighted by Crippen LogP contribution is -2.38. The van der Waals surface area contributed by atoms with E-state index in [4.69, 9.17) is 5.21 Å². The van der Waals surface area contributed by atoms with Crippen molar-refractivity contribution < 1.29 is 14.8 Å². The molecule has 0 aromatic heterocycles. The van der Waals surface area contributed by atoms with E-state index in [1.807, 2.05) is 66.7 Å². The van der Waals surface area contributed by atoms with Crippen LogP contribution in [0.5, 0.6) is 0 Å². The number of anilines is 3. The van der Waals surface area contributed by atoms with Crippen molar-refractivity contribution in [2.45, 2.75) is 0 Å². The second-order valence-electron chi connectivity index (χ2n) is 6.25. The minimum Gasteiger partial charge on any atom is -0.297 e. The summed E-state index contributed by atoms with van der Waals surface area (Å²) in [6.07, 6.45) is 2.76. The van der Waals surface area contributed by atoms with Crippen molar-refractivity contribution in [3.8, 4) is 0 Å². The van der Waals surface area contributed by atoms with Crippen LogP contribution < -0.4 is 15.3 Å². The van der Waals surface area contributed by atoms with Gasteiger partial charge in [-0.2, -0.15) is 0 Å². The predicted molar refractivity (Wildman–Crippen MR) is 114 cm³/mol. The molecule has 0 radical (unpaired) electrons. The van der Waals surface area contributed by atoms with Gasteiger partial charge in [-0.05, 0) is 48.0 Å². The molecule has 29 heavy (non-hydrogen) atoms. The van der Waals surface area contributed by atoms with E-state index in [1.54, 1.807) is 46.6 Å². The molecule has 6 heteroatoms. The quantitative estimate of drug-likeness (QED) is 0.382. The standard InChI is InChI=1S/C23H21N3O3/c1-25(21-14-8-9-18(17-21)15-16-22(27)24-29)23(28)26(19-10-4-2-5-11-19)20-12-6-3-7-13-20/h2-17,29H,1H3,(H,24,27). The number of hydrogen-bond acceptors (Lipinski definition) is 3. The van der Waals surface area contributed by atoms with Crippen LogP contribution in [0.2, 0.25) is 0 Å². The normalized spacial score (nSPS) is 10.6. The Balaban J connectivity index is 1.92. The second-order valence-corrected chi connectivity index (χ2v) is 6.25. The number of amides is 3. The van der Waals surface area contributed by atoms with Gasteiger partial charge in [0, 0.05) is 18.8 Å². The Morgan fingerprint density at radius 2 is 1.38 bits per heavy atom. The molecule has 3 amide bonds. The van der Waals surface area contributed by atoms with Gasteiger partial charge in [0.25, 0.3) is 5.91 Å². The molecule has 0 atom stereocenters. The van der Waals surface area contributed by atoms with Gasteiger partial charge in [-0.3, -0.25) is 19.8 Å². The summed E-state index contributed by atoms with van der Waals surface area (Å²) in [5.74, 6) is -0.626. The molecule has 0 spiro atoms. The molecular weight excluding hydrogens is 366 g/mol. The first-order valence-corrected chi connectivity index (χ1v) is 9.00. The van der Waals surface area contributed by atoms with Gasteiger partial charge in [0.05, 0.1) is 11.4 Å². The number of hydroxylamine groups is 1. The van der Waals surface area contributed by atoms with Crippen LogP contribution in [0.15, 0.2) is 91.0 Å². The molecule has 3 rings (SSSR count). The highest BCUT2D eigenvalue weighted by atomic mass is 16.5. The van der Waals surface area contributed by atoms with Crippen molar-refractivity contribution in [3.05, 3.63) is 96.6 Å². The lowest BCUT2D eigenvalue weighted by Gasteiger charge is -2.28. The van der Waals surface area contributed by atoms with Gasteiger partial charge in [-0.25, -0.2) is 10.3 Å². The van der Waals surface area contributed by atoms with Crippen LogP contribution in [0.4, 0.5) is 21.9 Å². The Hall–Kier alpha value is -3.90. The van der Waals surface area contributed by atoms with Crippen LogP contribution in [0.3, 0.4) is 0 Å². The zero-order valence-electron chi connectivity index (χ0n) is 15.9. The first kappa shape index (κ1) is 19.9. The van der Waals surface area contributed by atoms with E-state index < -0.39 is 5.91 Å². The Kier molecular flexibility index (Phi) is 6.40. The van der Waals surface area contributed by atoms with Crippen LogP contribution in [-0.2, 0) is 4.79 Å². The third kappa shape index (κ3) is 4.88. The molecule has 0 saturated heterocycles. The highest BCUT2D eigenvalue weighted by Gasteiger charge is 2.22. The fourth-order valence-electron chi connectivity index (χ4n) is 2.83. The van der Waals surface area contributed by atoms with Gasteiger partial charge in [0.2, 0.25) is 0 Å².